The number of likely N-dealkylation sites (tertiary alicyclic amines) is 1. The van der Waals surface area contributed by atoms with Crippen LogP contribution in [0.5, 0.6) is 5.88 Å². The average molecular weight is 502 g/mol. The van der Waals surface area contributed by atoms with Crippen molar-refractivity contribution in [1.82, 2.24) is 14.9 Å². The first-order valence-corrected chi connectivity index (χ1v) is 17.3. The lowest BCUT2D eigenvalue weighted by atomic mass is 9.92. The number of hydrogen-bond acceptors (Lipinski definition) is 6. The molecule has 5 nitrogen and oxygen atoms in total. The summed E-state index contributed by atoms with van der Waals surface area (Å²) in [6, 6.07) is 0.767. The lowest BCUT2D eigenvalue weighted by Crippen LogP contribution is -2.41. The molecule has 34 heavy (non-hydrogen) atoms. The van der Waals surface area contributed by atoms with Gasteiger partial charge in [0.25, 0.3) is 0 Å². The van der Waals surface area contributed by atoms with Gasteiger partial charge in [-0.05, 0) is 100 Å². The van der Waals surface area contributed by atoms with Crippen LogP contribution in [0.2, 0.25) is 18.1 Å². The molecule has 188 valence electrons. The van der Waals surface area contributed by atoms with E-state index in [1.807, 2.05) is 11.3 Å². The molecular weight excluding hydrogens is 458 g/mol. The van der Waals surface area contributed by atoms with Crippen molar-refractivity contribution in [2.24, 2.45) is 0 Å². The van der Waals surface area contributed by atoms with Gasteiger partial charge in [-0.3, -0.25) is 0 Å². The standard InChI is InChI=1S/C27H43N3O2SSi/c1-27(2,3)34(4,5)31-17-14-19-8-13-22-23(19)24-25(28-18-29-26(24)33-22)32-21-11-9-20(10-12-21)30-15-6-7-16-30/h18-21H,6-17H2,1-5H3/t19-,20-,21-/m1/s1. The van der Waals surface area contributed by atoms with E-state index >= 15 is 0 Å². The van der Waals surface area contributed by atoms with Gasteiger partial charge in [0, 0.05) is 17.5 Å². The van der Waals surface area contributed by atoms with Crippen molar-refractivity contribution in [2.75, 3.05) is 19.7 Å². The van der Waals surface area contributed by atoms with Crippen molar-refractivity contribution >= 4 is 29.9 Å². The molecule has 0 N–H and O–H groups in total. The second-order valence-electron chi connectivity index (χ2n) is 12.2. The quantitative estimate of drug-likeness (QED) is 0.385. The molecule has 3 aliphatic rings. The second-order valence-corrected chi connectivity index (χ2v) is 18.1. The van der Waals surface area contributed by atoms with E-state index in [2.05, 4.69) is 48.7 Å². The molecule has 2 aromatic rings. The Bertz CT molecular complexity index is 988. The Kier molecular flexibility index (Phi) is 7.10. The molecule has 0 bridgehead atoms. The van der Waals surface area contributed by atoms with E-state index < -0.39 is 8.32 Å². The maximum atomic E-state index is 6.63. The highest BCUT2D eigenvalue weighted by molar-refractivity contribution is 7.19. The van der Waals surface area contributed by atoms with Crippen LogP contribution in [0, 0.1) is 0 Å². The van der Waals surface area contributed by atoms with Crippen molar-refractivity contribution in [2.45, 2.75) is 115 Å². The fraction of sp³-hybridized carbons (Fsp3) is 0.778. The summed E-state index contributed by atoms with van der Waals surface area (Å²) in [6.07, 6.45) is 13.0. The Labute approximate surface area is 210 Å². The lowest BCUT2D eigenvalue weighted by Gasteiger charge is -2.36. The van der Waals surface area contributed by atoms with Crippen molar-refractivity contribution in [1.29, 1.82) is 0 Å². The SMILES string of the molecule is CC(C)(C)[Si](C)(C)OCC[C@H]1CCc2sc3ncnc(O[C@H]4CC[C@H](N5CCCC5)CC4)c3c21. The molecule has 1 aliphatic heterocycles. The fourth-order valence-corrected chi connectivity index (χ4v) is 8.18. The summed E-state index contributed by atoms with van der Waals surface area (Å²) in [7, 11) is -1.71. The average Bonchev–Trinajstić information content (AvgIpc) is 3.51. The first kappa shape index (κ1) is 24.7. The van der Waals surface area contributed by atoms with Crippen LogP contribution in [-0.4, -0.2) is 55.0 Å². The van der Waals surface area contributed by atoms with E-state index in [0.29, 0.717) is 5.92 Å². The van der Waals surface area contributed by atoms with Crippen LogP contribution in [0.3, 0.4) is 0 Å². The normalized spacial score (nSPS) is 26.3. The van der Waals surface area contributed by atoms with Crippen LogP contribution in [-0.2, 0) is 10.8 Å². The van der Waals surface area contributed by atoms with Gasteiger partial charge in [0.15, 0.2) is 8.32 Å². The van der Waals surface area contributed by atoms with Gasteiger partial charge in [0.05, 0.1) is 5.39 Å². The van der Waals surface area contributed by atoms with E-state index in [4.69, 9.17) is 9.16 Å². The zero-order valence-corrected chi connectivity index (χ0v) is 23.7. The highest BCUT2D eigenvalue weighted by atomic mass is 32.1. The molecule has 1 atom stereocenters. The lowest BCUT2D eigenvalue weighted by molar-refractivity contribution is 0.0978. The van der Waals surface area contributed by atoms with Gasteiger partial charge in [-0.2, -0.15) is 0 Å². The molecular formula is C27H43N3O2SSi. The molecule has 3 heterocycles. The Balaban J connectivity index is 1.27. The zero-order valence-electron chi connectivity index (χ0n) is 21.9. The molecule has 2 aromatic heterocycles. The molecule has 1 saturated heterocycles. The summed E-state index contributed by atoms with van der Waals surface area (Å²) in [6.45, 7) is 15.1. The van der Waals surface area contributed by atoms with Crippen LogP contribution in [0.1, 0.15) is 88.5 Å². The number of thiophene rings is 1. The molecule has 0 aromatic carbocycles. The zero-order chi connectivity index (χ0) is 23.9. The number of aromatic nitrogens is 2. The molecule has 1 saturated carbocycles. The van der Waals surface area contributed by atoms with Gasteiger partial charge >= 0.3 is 0 Å². The third kappa shape index (κ3) is 4.95. The molecule has 0 amide bonds. The summed E-state index contributed by atoms with van der Waals surface area (Å²) < 4.78 is 13.2. The Morgan fingerprint density at radius 3 is 2.50 bits per heavy atom. The summed E-state index contributed by atoms with van der Waals surface area (Å²) >= 11 is 1.86. The molecule has 2 fully saturated rings. The number of rotatable bonds is 7. The summed E-state index contributed by atoms with van der Waals surface area (Å²) in [5.41, 5.74) is 1.47. The van der Waals surface area contributed by atoms with Crippen LogP contribution >= 0.6 is 11.3 Å². The predicted octanol–water partition coefficient (Wildman–Crippen LogP) is 6.92. The Hall–Kier alpha value is -1.02. The Morgan fingerprint density at radius 1 is 1.06 bits per heavy atom. The second kappa shape index (κ2) is 9.79. The topological polar surface area (TPSA) is 47.5 Å². The van der Waals surface area contributed by atoms with Crippen LogP contribution in [0.15, 0.2) is 6.33 Å². The first-order valence-electron chi connectivity index (χ1n) is 13.5. The highest BCUT2D eigenvalue weighted by Crippen LogP contribution is 2.48. The maximum absolute atomic E-state index is 6.63. The van der Waals surface area contributed by atoms with Gasteiger partial charge < -0.3 is 14.1 Å². The minimum atomic E-state index is -1.71. The molecule has 0 spiro atoms. The highest BCUT2D eigenvalue weighted by Gasteiger charge is 2.38. The number of aryl methyl sites for hydroxylation is 1. The van der Waals surface area contributed by atoms with Gasteiger partial charge in [-0.25, -0.2) is 9.97 Å². The van der Waals surface area contributed by atoms with Crippen molar-refractivity contribution in [3.8, 4) is 5.88 Å². The van der Waals surface area contributed by atoms with Crippen LogP contribution < -0.4 is 4.74 Å². The summed E-state index contributed by atoms with van der Waals surface area (Å²) in [5, 5.41) is 1.46. The van der Waals surface area contributed by atoms with Crippen LogP contribution in [0.4, 0.5) is 0 Å². The molecule has 7 heteroatoms. The monoisotopic (exact) mass is 501 g/mol. The number of ether oxygens (including phenoxy) is 1. The van der Waals surface area contributed by atoms with Crippen molar-refractivity contribution < 1.29 is 9.16 Å². The largest absolute Gasteiger partial charge is 0.474 e. The van der Waals surface area contributed by atoms with Gasteiger partial charge in [0.1, 0.15) is 17.3 Å². The van der Waals surface area contributed by atoms with Crippen molar-refractivity contribution in [3.63, 3.8) is 0 Å². The van der Waals surface area contributed by atoms with E-state index in [1.165, 1.54) is 61.0 Å². The van der Waals surface area contributed by atoms with E-state index in [1.54, 1.807) is 6.33 Å². The number of nitrogens with zero attached hydrogens (tertiary/aromatic N) is 3. The fourth-order valence-electron chi connectivity index (χ4n) is 5.88. The third-order valence-corrected chi connectivity index (χ3v) is 14.7. The van der Waals surface area contributed by atoms with Gasteiger partial charge in [0.2, 0.25) is 5.88 Å². The van der Waals surface area contributed by atoms with E-state index in [9.17, 15) is 0 Å². The smallest absolute Gasteiger partial charge is 0.225 e. The van der Waals surface area contributed by atoms with Gasteiger partial charge in [-0.1, -0.05) is 20.8 Å². The number of fused-ring (bicyclic) bond motifs is 3. The van der Waals surface area contributed by atoms with Gasteiger partial charge in [-0.15, -0.1) is 11.3 Å². The van der Waals surface area contributed by atoms with Crippen molar-refractivity contribution in [3.05, 3.63) is 16.8 Å². The minimum Gasteiger partial charge on any atom is -0.474 e. The molecule has 2 aliphatic carbocycles. The maximum Gasteiger partial charge on any atom is 0.225 e. The van der Waals surface area contributed by atoms with E-state index in [0.717, 1.165) is 49.0 Å². The summed E-state index contributed by atoms with van der Waals surface area (Å²) in [5.74, 6) is 1.37. The minimum absolute atomic E-state index is 0.256. The summed E-state index contributed by atoms with van der Waals surface area (Å²) in [4.78, 5) is 14.6. The van der Waals surface area contributed by atoms with Crippen LogP contribution in [0.25, 0.3) is 10.2 Å². The molecule has 5 rings (SSSR count). The first-order chi connectivity index (χ1) is 16.2. The number of hydrogen-bond donors (Lipinski definition) is 0. The molecule has 0 unspecified atom stereocenters. The Morgan fingerprint density at radius 2 is 1.79 bits per heavy atom. The predicted molar refractivity (Wildman–Crippen MR) is 144 cm³/mol. The van der Waals surface area contributed by atoms with E-state index in [-0.39, 0.29) is 11.1 Å². The third-order valence-electron chi connectivity index (χ3n) is 9.01. The molecule has 0 radical (unpaired) electrons.